The average molecular weight is 456 g/mol. The van der Waals surface area contributed by atoms with Gasteiger partial charge in [0.05, 0.1) is 5.75 Å². The summed E-state index contributed by atoms with van der Waals surface area (Å²) < 4.78 is 20.1. The molecule has 0 atom stereocenters. The number of nitrogen functional groups attached to an aromatic ring is 1. The Balaban J connectivity index is 1.49. The fourth-order valence-corrected chi connectivity index (χ4v) is 3.43. The first-order valence-corrected chi connectivity index (χ1v) is 10.1. The van der Waals surface area contributed by atoms with Crippen molar-refractivity contribution in [2.75, 3.05) is 11.6 Å². The Bertz CT molecular complexity index is 1020. The van der Waals surface area contributed by atoms with E-state index in [1.807, 2.05) is 0 Å². The van der Waals surface area contributed by atoms with E-state index in [0.717, 1.165) is 17.3 Å². The summed E-state index contributed by atoms with van der Waals surface area (Å²) in [6, 6.07) is 11.1. The molecule has 0 fully saturated rings. The molecule has 152 valence electrons. The largest absolute Gasteiger partial charge is 0.482 e. The van der Waals surface area contributed by atoms with E-state index in [4.69, 9.17) is 33.8 Å². The molecule has 0 aliphatic carbocycles. The fraction of sp³-hybridized carbons (Fsp3) is 0.167. The summed E-state index contributed by atoms with van der Waals surface area (Å²) in [7, 11) is 0. The summed E-state index contributed by atoms with van der Waals surface area (Å²) in [4.78, 5) is 12.1. The van der Waals surface area contributed by atoms with E-state index in [9.17, 15) is 9.18 Å². The molecule has 1 heterocycles. The van der Waals surface area contributed by atoms with Gasteiger partial charge in [0.25, 0.3) is 0 Å². The Hall–Kier alpha value is -2.49. The molecule has 11 heteroatoms. The van der Waals surface area contributed by atoms with Crippen LogP contribution in [0.15, 0.2) is 47.6 Å². The second-order valence-electron chi connectivity index (χ2n) is 5.79. The van der Waals surface area contributed by atoms with Crippen molar-refractivity contribution in [3.63, 3.8) is 0 Å². The lowest BCUT2D eigenvalue weighted by atomic mass is 10.2. The number of nitrogens with two attached hydrogens (primary N) is 1. The average Bonchev–Trinajstić information content (AvgIpc) is 3.04. The highest BCUT2D eigenvalue weighted by Gasteiger charge is 2.14. The third kappa shape index (κ3) is 5.75. The van der Waals surface area contributed by atoms with Crippen LogP contribution in [0.25, 0.3) is 0 Å². The van der Waals surface area contributed by atoms with Crippen molar-refractivity contribution >= 4 is 40.9 Å². The van der Waals surface area contributed by atoms with Gasteiger partial charge >= 0.3 is 0 Å². The van der Waals surface area contributed by atoms with Crippen LogP contribution in [0.5, 0.6) is 5.75 Å². The van der Waals surface area contributed by atoms with Crippen LogP contribution in [0, 0.1) is 5.82 Å². The summed E-state index contributed by atoms with van der Waals surface area (Å²) >= 11 is 13.0. The third-order valence-electron chi connectivity index (χ3n) is 3.75. The molecule has 0 unspecified atom stereocenters. The van der Waals surface area contributed by atoms with Gasteiger partial charge in [-0.1, -0.05) is 53.2 Å². The van der Waals surface area contributed by atoms with Crippen LogP contribution in [-0.2, 0) is 17.9 Å². The lowest BCUT2D eigenvalue weighted by Crippen LogP contribution is -2.25. The number of ether oxygens (including phenoxy) is 1. The third-order valence-corrected chi connectivity index (χ3v) is 5.28. The SMILES string of the molecule is Nn1c(COc2ccccc2F)nnc1SCC(=O)NCc1ccc(Cl)cc1Cl. The second kappa shape index (κ2) is 9.82. The van der Waals surface area contributed by atoms with Gasteiger partial charge < -0.3 is 15.9 Å². The van der Waals surface area contributed by atoms with Crippen molar-refractivity contribution < 1.29 is 13.9 Å². The van der Waals surface area contributed by atoms with Crippen molar-refractivity contribution in [3.05, 3.63) is 69.7 Å². The normalized spacial score (nSPS) is 10.7. The topological polar surface area (TPSA) is 95.1 Å². The number of nitrogens with one attached hydrogen (secondary N) is 1. The molecule has 0 spiro atoms. The van der Waals surface area contributed by atoms with Crippen LogP contribution in [0.4, 0.5) is 4.39 Å². The zero-order valence-electron chi connectivity index (χ0n) is 14.9. The predicted molar refractivity (Wildman–Crippen MR) is 110 cm³/mol. The summed E-state index contributed by atoms with van der Waals surface area (Å²) in [6.07, 6.45) is 0. The number of amides is 1. The highest BCUT2D eigenvalue weighted by atomic mass is 35.5. The number of para-hydroxylation sites is 1. The maximum atomic E-state index is 13.6. The van der Waals surface area contributed by atoms with E-state index in [1.165, 1.54) is 16.8 Å². The van der Waals surface area contributed by atoms with Crippen LogP contribution in [-0.4, -0.2) is 26.5 Å². The first kappa shape index (κ1) is 21.2. The molecule has 0 bridgehead atoms. The second-order valence-corrected chi connectivity index (χ2v) is 7.58. The minimum absolute atomic E-state index is 0.0632. The molecule has 0 aliphatic heterocycles. The molecule has 0 saturated heterocycles. The van der Waals surface area contributed by atoms with E-state index in [2.05, 4.69) is 15.5 Å². The van der Waals surface area contributed by atoms with Gasteiger partial charge in [0.1, 0.15) is 6.61 Å². The number of halogens is 3. The van der Waals surface area contributed by atoms with Crippen molar-refractivity contribution in [2.24, 2.45) is 0 Å². The van der Waals surface area contributed by atoms with Crippen molar-refractivity contribution in [3.8, 4) is 5.75 Å². The van der Waals surface area contributed by atoms with Crippen LogP contribution >= 0.6 is 35.0 Å². The van der Waals surface area contributed by atoms with Gasteiger partial charge in [0.2, 0.25) is 11.1 Å². The molecule has 0 aliphatic rings. The molecule has 0 radical (unpaired) electrons. The molecule has 2 aromatic carbocycles. The highest BCUT2D eigenvalue weighted by molar-refractivity contribution is 7.99. The van der Waals surface area contributed by atoms with Crippen molar-refractivity contribution in [1.29, 1.82) is 0 Å². The minimum Gasteiger partial charge on any atom is -0.482 e. The Morgan fingerprint density at radius 3 is 2.79 bits per heavy atom. The van der Waals surface area contributed by atoms with Crippen LogP contribution < -0.4 is 15.9 Å². The summed E-state index contributed by atoms with van der Waals surface area (Å²) in [5, 5.41) is 11.9. The molecular formula is C18H16Cl2FN5O2S. The molecule has 29 heavy (non-hydrogen) atoms. The highest BCUT2D eigenvalue weighted by Crippen LogP contribution is 2.21. The molecule has 1 amide bonds. The van der Waals surface area contributed by atoms with E-state index in [1.54, 1.807) is 30.3 Å². The molecule has 7 nitrogen and oxygen atoms in total. The van der Waals surface area contributed by atoms with Crippen molar-refractivity contribution in [2.45, 2.75) is 18.3 Å². The maximum absolute atomic E-state index is 13.6. The lowest BCUT2D eigenvalue weighted by Gasteiger charge is -2.08. The summed E-state index contributed by atoms with van der Waals surface area (Å²) in [6.45, 7) is 0.207. The Kier molecular flexibility index (Phi) is 7.18. The monoisotopic (exact) mass is 455 g/mol. The first-order chi connectivity index (χ1) is 13.9. The van der Waals surface area contributed by atoms with Crippen LogP contribution in [0.2, 0.25) is 10.0 Å². The number of thioether (sulfide) groups is 1. The van der Waals surface area contributed by atoms with Gasteiger partial charge in [-0.3, -0.25) is 4.79 Å². The van der Waals surface area contributed by atoms with Crippen molar-refractivity contribution in [1.82, 2.24) is 20.2 Å². The van der Waals surface area contributed by atoms with E-state index in [0.29, 0.717) is 21.0 Å². The molecule has 0 saturated carbocycles. The van der Waals surface area contributed by atoms with Gasteiger partial charge in [0.15, 0.2) is 17.4 Å². The van der Waals surface area contributed by atoms with Gasteiger partial charge in [-0.15, -0.1) is 10.2 Å². The van der Waals surface area contributed by atoms with Crippen LogP contribution in [0.3, 0.4) is 0 Å². The number of nitrogens with zero attached hydrogens (tertiary/aromatic N) is 3. The maximum Gasteiger partial charge on any atom is 0.230 e. The molecule has 3 N–H and O–H groups in total. The number of benzene rings is 2. The number of hydrogen-bond acceptors (Lipinski definition) is 6. The Morgan fingerprint density at radius 2 is 2.03 bits per heavy atom. The summed E-state index contributed by atoms with van der Waals surface area (Å²) in [5.41, 5.74) is 0.754. The van der Waals surface area contributed by atoms with Gasteiger partial charge in [0, 0.05) is 16.6 Å². The Morgan fingerprint density at radius 1 is 1.24 bits per heavy atom. The molecule has 3 aromatic rings. The number of aromatic nitrogens is 3. The standard InChI is InChI=1S/C18H16Cl2FN5O2S/c19-12-6-5-11(13(20)7-12)8-23-17(27)10-29-18-25-24-16(26(18)22)9-28-15-4-2-1-3-14(15)21/h1-7H,8-10,22H2,(H,23,27). The molecular weight excluding hydrogens is 440 g/mol. The molecule has 1 aromatic heterocycles. The van der Waals surface area contributed by atoms with Gasteiger partial charge in [-0.2, -0.15) is 0 Å². The number of rotatable bonds is 8. The first-order valence-electron chi connectivity index (χ1n) is 8.34. The lowest BCUT2D eigenvalue weighted by molar-refractivity contribution is -0.118. The van der Waals surface area contributed by atoms with Gasteiger partial charge in [-0.05, 0) is 29.8 Å². The zero-order valence-corrected chi connectivity index (χ0v) is 17.3. The van der Waals surface area contributed by atoms with E-state index < -0.39 is 5.82 Å². The fourth-order valence-electron chi connectivity index (χ4n) is 2.25. The number of carbonyl (C=O) groups is 1. The quantitative estimate of drug-likeness (QED) is 0.399. The zero-order chi connectivity index (χ0) is 20.8. The van der Waals surface area contributed by atoms with E-state index >= 15 is 0 Å². The number of hydrogen-bond donors (Lipinski definition) is 2. The minimum atomic E-state index is -0.484. The predicted octanol–water partition coefficient (Wildman–Crippen LogP) is 3.43. The number of carbonyl (C=O) groups excluding carboxylic acids is 1. The van der Waals surface area contributed by atoms with Crippen LogP contribution in [0.1, 0.15) is 11.4 Å². The smallest absolute Gasteiger partial charge is 0.230 e. The van der Waals surface area contributed by atoms with Gasteiger partial charge in [-0.25, -0.2) is 9.07 Å². The Labute approximate surface area is 180 Å². The molecule has 3 rings (SSSR count). The van der Waals surface area contributed by atoms with E-state index in [-0.39, 0.29) is 30.6 Å². The summed E-state index contributed by atoms with van der Waals surface area (Å²) in [5.74, 6) is 5.68.